The summed E-state index contributed by atoms with van der Waals surface area (Å²) in [5.74, 6) is 2.24. The number of carbonyl (C=O) groups excluding carboxylic acids is 4. The lowest BCUT2D eigenvalue weighted by Crippen LogP contribution is -2.31. The summed E-state index contributed by atoms with van der Waals surface area (Å²) in [6.45, 7) is 20.4. The molecular weight excluding hydrogens is 1740 g/mol. The average molecular weight is 1840 g/mol. The largest absolute Gasteiger partial charge is 0.376 e. The van der Waals surface area contributed by atoms with Crippen molar-refractivity contribution in [1.29, 1.82) is 0 Å². The normalized spacial score (nSPS) is 12.8. The van der Waals surface area contributed by atoms with Crippen molar-refractivity contribution in [3.63, 3.8) is 0 Å². The van der Waals surface area contributed by atoms with Crippen LogP contribution in [0.25, 0.3) is 89.2 Å². The van der Waals surface area contributed by atoms with Gasteiger partial charge in [-0.05, 0) is 193 Å². The molecule has 0 radical (unpaired) electrons. The lowest BCUT2D eigenvalue weighted by molar-refractivity contribution is 0.0745. The molecule has 0 spiro atoms. The third kappa shape index (κ3) is 20.9. The number of amides is 4. The van der Waals surface area contributed by atoms with Gasteiger partial charge in [-0.25, -0.2) is 69.8 Å². The summed E-state index contributed by atoms with van der Waals surface area (Å²) in [6, 6.07) is 32.9. The van der Waals surface area contributed by atoms with E-state index in [9.17, 15) is 19.2 Å². The van der Waals surface area contributed by atoms with Gasteiger partial charge in [0.25, 0.3) is 23.6 Å². The number of rotatable bonds is 25. The monoisotopic (exact) mass is 1840 g/mol. The van der Waals surface area contributed by atoms with Crippen LogP contribution in [0.3, 0.4) is 0 Å². The average Bonchev–Trinajstić information content (AvgIpc) is 1.63. The van der Waals surface area contributed by atoms with E-state index in [0.29, 0.717) is 79.3 Å². The molecule has 2 aliphatic heterocycles. The van der Waals surface area contributed by atoms with Gasteiger partial charge in [-0.3, -0.25) is 23.9 Å². The molecule has 0 bridgehead atoms. The van der Waals surface area contributed by atoms with Crippen LogP contribution in [0.1, 0.15) is 137 Å². The molecule has 4 amide bonds. The van der Waals surface area contributed by atoms with Crippen LogP contribution in [0.15, 0.2) is 197 Å². The van der Waals surface area contributed by atoms with Gasteiger partial charge in [0.05, 0.1) is 96.8 Å². The summed E-state index contributed by atoms with van der Waals surface area (Å²) >= 11 is 1.66. The third-order valence-electron chi connectivity index (χ3n) is 22.8. The zero-order chi connectivity index (χ0) is 94.4. The Balaban J connectivity index is 0.000000121. The number of hydrogen-bond acceptors (Lipinski definition) is 25. The zero-order valence-electron chi connectivity index (χ0n) is 77.0. The molecule has 1 fully saturated rings. The highest BCUT2D eigenvalue weighted by atomic mass is 32.1. The van der Waals surface area contributed by atoms with Crippen LogP contribution < -0.4 is 37.2 Å². The number of anilines is 8. The van der Waals surface area contributed by atoms with Gasteiger partial charge in [-0.1, -0.05) is 6.92 Å². The Hall–Kier alpha value is -16.7. The Labute approximate surface area is 784 Å². The van der Waals surface area contributed by atoms with E-state index in [1.165, 1.54) is 4.88 Å². The maximum absolute atomic E-state index is 13.2. The van der Waals surface area contributed by atoms with Crippen LogP contribution in [-0.4, -0.2) is 170 Å². The SMILES string of the molecule is CCCn1ccc(CNC(=O)c2cc3cc(Nc4nccc(-c5cn(C)cn5)n4)cc(C)c3[nH]2)n1.Cc1cc(Nc2nccc(-c3cn(C)cn3)n2)cc2cc(C(=O)NC[C@H]3CCCO3)[nH]c12.Cc1cc(Nc2nccc(-c3cn(C)cn3)n2)cc2cc(C(=O)NCc3nccn3C(C)C)[nH]c12.Cc1nc2c(s1)CN(C(=O)c1cc3cc(Nc4nccc(-c5cn(C)cn5)n4)cc(C)c3[nH]1)C2. The van der Waals surface area contributed by atoms with Crippen molar-refractivity contribution in [2.24, 2.45) is 28.2 Å². The number of fused-ring (bicyclic) bond motifs is 5. The second kappa shape index (κ2) is 39.4. The van der Waals surface area contributed by atoms with E-state index in [4.69, 9.17) is 4.74 Å². The van der Waals surface area contributed by atoms with Gasteiger partial charge in [-0.2, -0.15) is 5.10 Å². The Morgan fingerprint density at radius 3 is 1.24 bits per heavy atom. The van der Waals surface area contributed by atoms with Gasteiger partial charge in [-0.15, -0.1) is 11.3 Å². The van der Waals surface area contributed by atoms with Crippen LogP contribution in [0, 0.1) is 34.6 Å². The molecule has 1 atom stereocenters. The molecule has 15 aromatic heterocycles. The number of thiazole rings is 1. The molecule has 1 saturated heterocycles. The fourth-order valence-electron chi connectivity index (χ4n) is 16.3. The molecule has 690 valence electrons. The van der Waals surface area contributed by atoms with Crippen molar-refractivity contribution in [1.82, 2.24) is 143 Å². The maximum atomic E-state index is 13.2. The van der Waals surface area contributed by atoms with Crippen molar-refractivity contribution in [3.8, 4) is 45.6 Å². The number of H-pyrrole nitrogens is 4. The molecule has 21 rings (SSSR count). The van der Waals surface area contributed by atoms with Crippen LogP contribution in [0.2, 0.25) is 0 Å². The van der Waals surface area contributed by atoms with E-state index in [2.05, 4.69) is 153 Å². The molecule has 19 aromatic rings. The van der Waals surface area contributed by atoms with Crippen molar-refractivity contribution in [2.75, 3.05) is 34.4 Å². The zero-order valence-corrected chi connectivity index (χ0v) is 77.8. The summed E-state index contributed by atoms with van der Waals surface area (Å²) in [4.78, 5) is 129. The molecule has 0 unspecified atom stereocenters. The molecule has 2 aliphatic rings. The van der Waals surface area contributed by atoms with Crippen LogP contribution in [0.5, 0.6) is 0 Å². The van der Waals surface area contributed by atoms with Gasteiger partial charge < -0.3 is 89.6 Å². The van der Waals surface area contributed by atoms with Gasteiger partial charge in [0.1, 0.15) is 51.4 Å². The smallest absolute Gasteiger partial charge is 0.270 e. The fourth-order valence-corrected chi connectivity index (χ4v) is 17.3. The number of nitrogens with one attached hydrogen (secondary N) is 11. The number of aryl methyl sites for hydroxylation is 10. The first-order valence-electron chi connectivity index (χ1n) is 44.4. The van der Waals surface area contributed by atoms with Gasteiger partial charge in [0.2, 0.25) is 23.8 Å². The Bertz CT molecular complexity index is 7580. The van der Waals surface area contributed by atoms with E-state index >= 15 is 0 Å². The van der Waals surface area contributed by atoms with E-state index in [0.717, 1.165) is 189 Å². The lowest BCUT2D eigenvalue weighted by atomic mass is 10.1. The molecule has 0 saturated carbocycles. The van der Waals surface area contributed by atoms with Crippen LogP contribution in [-0.2, 0) is 65.7 Å². The van der Waals surface area contributed by atoms with Crippen molar-refractivity contribution in [3.05, 3.63) is 269 Å². The summed E-state index contributed by atoms with van der Waals surface area (Å²) in [6.07, 6.45) is 30.2. The highest BCUT2D eigenvalue weighted by Gasteiger charge is 2.30. The summed E-state index contributed by atoms with van der Waals surface area (Å²) in [7, 11) is 7.68. The summed E-state index contributed by atoms with van der Waals surface area (Å²) < 4.78 is 17.0. The Morgan fingerprint density at radius 2 is 0.860 bits per heavy atom. The van der Waals surface area contributed by atoms with Crippen molar-refractivity contribution in [2.45, 2.75) is 120 Å². The summed E-state index contributed by atoms with van der Waals surface area (Å²) in [5, 5.41) is 31.2. The van der Waals surface area contributed by atoms with Crippen molar-refractivity contribution >= 4 is 125 Å². The first kappa shape index (κ1) is 89.9. The first-order valence-corrected chi connectivity index (χ1v) is 45.3. The Morgan fingerprint density at radius 1 is 0.456 bits per heavy atom. The number of carbonyl (C=O) groups is 4. The number of benzene rings is 4. The lowest BCUT2D eigenvalue weighted by Gasteiger charge is -2.13. The molecule has 17 heterocycles. The minimum absolute atomic E-state index is 0.0145. The number of hydrogen-bond donors (Lipinski definition) is 11. The van der Waals surface area contributed by atoms with E-state index < -0.39 is 0 Å². The number of aromatic amines is 4. The van der Waals surface area contributed by atoms with Crippen LogP contribution >= 0.6 is 11.3 Å². The number of ether oxygens (including phenoxy) is 1. The van der Waals surface area contributed by atoms with Gasteiger partial charge in [0, 0.05) is 193 Å². The fraction of sp³-hybridized carbons (Fsp3) is 0.247. The molecular formula is C97H101N33O5S. The predicted molar refractivity (Wildman–Crippen MR) is 521 cm³/mol. The minimum Gasteiger partial charge on any atom is -0.376 e. The Kier molecular flexibility index (Phi) is 26.0. The van der Waals surface area contributed by atoms with Crippen molar-refractivity contribution < 1.29 is 23.9 Å². The van der Waals surface area contributed by atoms with E-state index in [1.54, 1.807) is 67.6 Å². The standard InChI is InChI=1S/2C25H27N9O.C24H22N8OS.C23H25N7O2/c1-15(2)34-8-7-26-22(34)12-28-24(35)20-11-17-10-18(9-16(3)23(17)31-20)30-25-27-6-5-19(32-25)21-13-33(4)14-29-21;1-4-8-34-9-6-18(32-34)13-27-24(35)21-12-17-11-19(10-16(2)23(17)30-21)29-25-26-7-5-20(31-25)22-14-33(3)15-28-22;1-13-6-16(28-24-25-5-4-17(30-24)19-9-31(3)12-26-19)7-15-8-18(29-22(13)15)23(33)32-10-20-21(11-32)34-14(2)27-20;1-14-8-16(27-23-24-6-5-18(29-23)20-12-30(2)13-26-20)9-15-10-19(28-21(14)15)22(31)25-11-17-4-3-7-32-17/h5-11,13-15,31H,12H2,1-4H3,(H,28,35)(H,27,30,32);5-7,9-12,14-15,30H,4,8,13H2,1-3H3,(H,27,35)(H,26,29,31);4-9,12,29H,10-11H2,1-3H3,(H,25,28,30);5-6,8-10,12-13,17,28H,3-4,7,11H2,1-2H3,(H,25,31)(H,24,27,29)/t;;;17-/m...1/s1. The highest BCUT2D eigenvalue weighted by Crippen LogP contribution is 2.35. The molecule has 11 N–H and O–H groups in total. The quantitative estimate of drug-likeness (QED) is 0.0253. The maximum Gasteiger partial charge on any atom is 0.270 e. The summed E-state index contributed by atoms with van der Waals surface area (Å²) in [5.41, 5.74) is 21.2. The number of nitrogens with zero attached hydrogens (tertiary/aromatic N) is 22. The second-order valence-corrected chi connectivity index (χ2v) is 35.2. The molecule has 38 nitrogen and oxygen atoms in total. The third-order valence-corrected chi connectivity index (χ3v) is 23.8. The second-order valence-electron chi connectivity index (χ2n) is 33.9. The first-order chi connectivity index (χ1) is 65.8. The molecule has 4 aromatic carbocycles. The van der Waals surface area contributed by atoms with Gasteiger partial charge in [0.15, 0.2) is 0 Å². The van der Waals surface area contributed by atoms with E-state index in [1.807, 2.05) is 236 Å². The number of aromatic nitrogens is 25. The van der Waals surface area contributed by atoms with Gasteiger partial charge >= 0.3 is 0 Å². The predicted octanol–water partition coefficient (Wildman–Crippen LogP) is 15.7. The highest BCUT2D eigenvalue weighted by molar-refractivity contribution is 7.11. The van der Waals surface area contributed by atoms with Crippen LogP contribution in [0.4, 0.5) is 46.5 Å². The molecule has 39 heteroatoms. The minimum atomic E-state index is -0.181. The van der Waals surface area contributed by atoms with E-state index in [-0.39, 0.29) is 35.8 Å². The number of imidazole rings is 5. The molecule has 136 heavy (non-hydrogen) atoms. The molecule has 0 aliphatic carbocycles. The topological polar surface area (TPSA) is 451 Å².